The molecule has 18 nitrogen and oxygen atoms in total. The SMILES string of the molecule is CC(=O)N[C@@H](COP(=O)(O)O[C@@H]1[C@H](O)[C@H](O)[C@@H](O)[C@H](O)[C@H]1OC1O[C@H](CO)[C@@H](O)[C@H](O)[C@@H]1O)[C@H](O)C(C)O. The number of ether oxygens (including phenoxy) is 2. The van der Waals surface area contributed by atoms with Gasteiger partial charge in [-0.3, -0.25) is 13.8 Å². The van der Waals surface area contributed by atoms with Crippen LogP contribution < -0.4 is 5.32 Å². The zero-order valence-corrected chi connectivity index (χ0v) is 21.2. The molecule has 19 heteroatoms. The second-order valence-electron chi connectivity index (χ2n) is 9.13. The molecule has 0 aromatic heterocycles. The van der Waals surface area contributed by atoms with E-state index in [1.807, 2.05) is 0 Å². The highest BCUT2D eigenvalue weighted by Crippen LogP contribution is 2.47. The number of hydrogen-bond donors (Lipinski definition) is 12. The Balaban J connectivity index is 2.25. The van der Waals surface area contributed by atoms with Gasteiger partial charge in [-0.2, -0.15) is 0 Å². The maximum absolute atomic E-state index is 12.7. The zero-order valence-electron chi connectivity index (χ0n) is 20.3. The Hall–Kier alpha value is -0.900. The van der Waals surface area contributed by atoms with Crippen molar-refractivity contribution in [1.29, 1.82) is 0 Å². The van der Waals surface area contributed by atoms with Crippen LogP contribution in [0.1, 0.15) is 13.8 Å². The molecule has 0 spiro atoms. The molecule has 2 rings (SSSR count). The van der Waals surface area contributed by atoms with Crippen LogP contribution in [0.25, 0.3) is 0 Å². The Morgan fingerprint density at radius 1 is 0.921 bits per heavy atom. The van der Waals surface area contributed by atoms with E-state index in [-0.39, 0.29) is 0 Å². The number of rotatable bonds is 11. The van der Waals surface area contributed by atoms with Gasteiger partial charge in [0.1, 0.15) is 67.1 Å². The van der Waals surface area contributed by atoms with Crippen LogP contribution in [-0.2, 0) is 27.9 Å². The molecular weight excluding hydrogens is 545 g/mol. The molecule has 1 aliphatic carbocycles. The minimum Gasteiger partial charge on any atom is -0.394 e. The molecule has 15 atom stereocenters. The molecule has 12 N–H and O–H groups in total. The quantitative estimate of drug-likeness (QED) is 0.101. The van der Waals surface area contributed by atoms with Crippen LogP contribution >= 0.6 is 7.82 Å². The number of nitrogens with one attached hydrogen (secondary N) is 1. The van der Waals surface area contributed by atoms with Gasteiger partial charge in [-0.05, 0) is 6.92 Å². The predicted molar refractivity (Wildman–Crippen MR) is 119 cm³/mol. The van der Waals surface area contributed by atoms with Crippen LogP contribution in [0.4, 0.5) is 0 Å². The summed E-state index contributed by atoms with van der Waals surface area (Å²) in [6, 6.07) is -1.41. The maximum atomic E-state index is 12.7. The first kappa shape index (κ1) is 33.3. The van der Waals surface area contributed by atoms with Crippen molar-refractivity contribution in [2.24, 2.45) is 0 Å². The molecule has 1 aliphatic heterocycles. The molecule has 0 aromatic carbocycles. The summed E-state index contributed by atoms with van der Waals surface area (Å²) in [5.74, 6) is -0.692. The van der Waals surface area contributed by atoms with Gasteiger partial charge in [0.2, 0.25) is 5.91 Å². The molecular formula is C19H36NO17P. The summed E-state index contributed by atoms with van der Waals surface area (Å²) < 4.78 is 32.8. The van der Waals surface area contributed by atoms with Gasteiger partial charge in [0, 0.05) is 6.92 Å². The minimum absolute atomic E-state index is 0.692. The van der Waals surface area contributed by atoms with Gasteiger partial charge in [0.15, 0.2) is 6.29 Å². The van der Waals surface area contributed by atoms with E-state index in [1.165, 1.54) is 6.92 Å². The lowest BCUT2D eigenvalue weighted by Gasteiger charge is -2.47. The number of carbonyl (C=O) groups is 1. The van der Waals surface area contributed by atoms with Crippen molar-refractivity contribution in [1.82, 2.24) is 5.32 Å². The van der Waals surface area contributed by atoms with Crippen molar-refractivity contribution >= 4 is 13.7 Å². The molecule has 1 saturated heterocycles. The third-order valence-corrected chi connectivity index (χ3v) is 7.14. The fraction of sp³-hybridized carbons (Fsp3) is 0.947. The average molecular weight is 581 g/mol. The molecule has 38 heavy (non-hydrogen) atoms. The summed E-state index contributed by atoms with van der Waals surface area (Å²) in [5, 5.41) is 102. The van der Waals surface area contributed by atoms with Gasteiger partial charge in [-0.15, -0.1) is 0 Å². The molecule has 224 valence electrons. The van der Waals surface area contributed by atoms with E-state index in [9.17, 15) is 65.3 Å². The third-order valence-electron chi connectivity index (χ3n) is 6.15. The monoisotopic (exact) mass is 581 g/mol. The van der Waals surface area contributed by atoms with Gasteiger partial charge in [0.05, 0.1) is 25.4 Å². The van der Waals surface area contributed by atoms with E-state index in [0.29, 0.717) is 0 Å². The maximum Gasteiger partial charge on any atom is 0.472 e. The lowest BCUT2D eigenvalue weighted by atomic mass is 9.84. The van der Waals surface area contributed by atoms with E-state index >= 15 is 0 Å². The zero-order chi connectivity index (χ0) is 29.1. The van der Waals surface area contributed by atoms with Crippen LogP contribution in [0.2, 0.25) is 0 Å². The Morgan fingerprint density at radius 2 is 1.45 bits per heavy atom. The highest BCUT2D eigenvalue weighted by atomic mass is 31.2. The summed E-state index contributed by atoms with van der Waals surface area (Å²) in [5.41, 5.74) is 0. The lowest BCUT2D eigenvalue weighted by molar-refractivity contribution is -0.338. The average Bonchev–Trinajstić information content (AvgIpc) is 2.85. The highest BCUT2D eigenvalue weighted by Gasteiger charge is 2.55. The van der Waals surface area contributed by atoms with Crippen molar-refractivity contribution in [3.8, 4) is 0 Å². The fourth-order valence-electron chi connectivity index (χ4n) is 3.98. The molecule has 2 aliphatic rings. The Morgan fingerprint density at radius 3 is 1.95 bits per heavy atom. The number of phosphoric acid groups is 1. The first-order chi connectivity index (χ1) is 17.5. The Bertz CT molecular complexity index is 818. The molecule has 2 fully saturated rings. The Kier molecular flexibility index (Phi) is 12.0. The van der Waals surface area contributed by atoms with E-state index in [2.05, 4.69) is 5.32 Å². The molecule has 1 heterocycles. The molecule has 0 radical (unpaired) electrons. The number of hydrogen-bond acceptors (Lipinski definition) is 16. The second-order valence-corrected chi connectivity index (χ2v) is 10.5. The van der Waals surface area contributed by atoms with Crippen LogP contribution in [0, 0.1) is 0 Å². The molecule has 1 amide bonds. The number of aliphatic hydroxyl groups is 10. The van der Waals surface area contributed by atoms with Crippen molar-refractivity contribution in [2.45, 2.75) is 99.4 Å². The van der Waals surface area contributed by atoms with Crippen molar-refractivity contribution < 1.29 is 83.8 Å². The number of aliphatic hydroxyl groups excluding tert-OH is 10. The summed E-state index contributed by atoms with van der Waals surface area (Å²) in [6.45, 7) is 0.468. The number of amides is 1. The summed E-state index contributed by atoms with van der Waals surface area (Å²) in [6.07, 6.45) is -25.0. The smallest absolute Gasteiger partial charge is 0.394 e. The predicted octanol–water partition coefficient (Wildman–Crippen LogP) is -6.62. The largest absolute Gasteiger partial charge is 0.472 e. The standard InChI is InChI=1S/C19H36NO17P/c1-5(22)9(24)7(20-6(2)23)4-34-38(32,33)37-18-15(30)13(28)12(27)14(29)17(18)36-19-16(31)11(26)10(25)8(3-21)35-19/h5,7-19,21-22,24-31H,3-4H2,1-2H3,(H,20,23)(H,32,33)/t5?,7-,8+,9+,10+,11-,12+,13+,14-,15+,16-,17+,18+,19?/m0/s1. The minimum atomic E-state index is -5.30. The van der Waals surface area contributed by atoms with Crippen molar-refractivity contribution in [3.05, 3.63) is 0 Å². The van der Waals surface area contributed by atoms with Gasteiger partial charge in [-0.1, -0.05) is 0 Å². The molecule has 0 aromatic rings. The highest BCUT2D eigenvalue weighted by molar-refractivity contribution is 7.47. The topological polar surface area (TPSA) is 306 Å². The summed E-state index contributed by atoms with van der Waals surface area (Å²) in [4.78, 5) is 21.6. The first-order valence-corrected chi connectivity index (χ1v) is 13.0. The first-order valence-electron chi connectivity index (χ1n) is 11.5. The van der Waals surface area contributed by atoms with Crippen molar-refractivity contribution in [2.75, 3.05) is 13.2 Å². The summed E-state index contributed by atoms with van der Waals surface area (Å²) in [7, 11) is -5.30. The van der Waals surface area contributed by atoms with Crippen LogP contribution in [0.3, 0.4) is 0 Å². The van der Waals surface area contributed by atoms with Crippen LogP contribution in [0.5, 0.6) is 0 Å². The summed E-state index contributed by atoms with van der Waals surface area (Å²) >= 11 is 0. The number of carbonyl (C=O) groups excluding carboxylic acids is 1. The van der Waals surface area contributed by atoms with E-state index < -0.39 is 113 Å². The van der Waals surface area contributed by atoms with E-state index in [1.54, 1.807) is 0 Å². The van der Waals surface area contributed by atoms with E-state index in [0.717, 1.165) is 6.92 Å². The van der Waals surface area contributed by atoms with Gasteiger partial charge >= 0.3 is 7.82 Å². The van der Waals surface area contributed by atoms with E-state index in [4.69, 9.17) is 18.5 Å². The molecule has 3 unspecified atom stereocenters. The number of phosphoric ester groups is 1. The van der Waals surface area contributed by atoms with Crippen LogP contribution in [0.15, 0.2) is 0 Å². The second kappa shape index (κ2) is 13.6. The van der Waals surface area contributed by atoms with Gasteiger partial charge in [0.25, 0.3) is 0 Å². The molecule has 1 saturated carbocycles. The normalized spacial score (nSPS) is 42.1. The third kappa shape index (κ3) is 7.85. The Labute approximate surface area is 216 Å². The fourth-order valence-corrected chi connectivity index (χ4v) is 4.94. The van der Waals surface area contributed by atoms with Gasteiger partial charge in [-0.25, -0.2) is 4.57 Å². The lowest BCUT2D eigenvalue weighted by Crippen LogP contribution is -2.67. The van der Waals surface area contributed by atoms with Crippen LogP contribution in [-0.4, -0.2) is 161 Å². The molecule has 0 bridgehead atoms. The van der Waals surface area contributed by atoms with Crippen molar-refractivity contribution in [3.63, 3.8) is 0 Å². The van der Waals surface area contributed by atoms with Gasteiger partial charge < -0.3 is 70.7 Å².